The van der Waals surface area contributed by atoms with Crippen molar-refractivity contribution in [2.75, 3.05) is 25.5 Å². The number of urea groups is 1. The van der Waals surface area contributed by atoms with Crippen LogP contribution in [0.2, 0.25) is 0 Å². The van der Waals surface area contributed by atoms with Gasteiger partial charge in [0.15, 0.2) is 17.4 Å². The van der Waals surface area contributed by atoms with Crippen molar-refractivity contribution in [1.82, 2.24) is 14.9 Å². The Bertz CT molecular complexity index is 1120. The number of anilines is 1. The predicted octanol–water partition coefficient (Wildman–Crippen LogP) is 4.51. The van der Waals surface area contributed by atoms with Gasteiger partial charge in [-0.25, -0.2) is 18.6 Å². The number of amides is 2. The zero-order chi connectivity index (χ0) is 22.3. The molecular formula is C19H15F5N4O3. The van der Waals surface area contributed by atoms with Crippen LogP contribution >= 0.6 is 0 Å². The summed E-state index contributed by atoms with van der Waals surface area (Å²) in [7, 11) is 1.51. The normalized spacial score (nSPS) is 14.6. The molecule has 2 amide bonds. The molecule has 2 aromatic heterocycles. The Morgan fingerprint density at radius 3 is 2.55 bits per heavy atom. The molecule has 0 aliphatic carbocycles. The second-order valence-electron chi connectivity index (χ2n) is 6.80. The van der Waals surface area contributed by atoms with Crippen LogP contribution in [0.1, 0.15) is 5.56 Å². The molecule has 12 heteroatoms. The van der Waals surface area contributed by atoms with Gasteiger partial charge < -0.3 is 24.7 Å². The highest BCUT2D eigenvalue weighted by atomic mass is 19.4. The van der Waals surface area contributed by atoms with Gasteiger partial charge >= 0.3 is 12.2 Å². The highest BCUT2D eigenvalue weighted by Gasteiger charge is 2.35. The molecule has 3 aromatic rings. The molecule has 1 aliphatic rings. The fourth-order valence-corrected chi connectivity index (χ4v) is 3.13. The molecule has 0 radical (unpaired) electrons. The molecule has 31 heavy (non-hydrogen) atoms. The number of pyridine rings is 1. The lowest BCUT2D eigenvalue weighted by atomic mass is 10.2. The van der Waals surface area contributed by atoms with Crippen LogP contribution in [0.3, 0.4) is 0 Å². The van der Waals surface area contributed by atoms with Gasteiger partial charge in [-0.05, 0) is 6.07 Å². The minimum atomic E-state index is -4.73. The molecule has 1 aromatic carbocycles. The Balaban J connectivity index is 1.59. The topological polar surface area (TPSA) is 79.5 Å². The minimum Gasteiger partial charge on any atom is -0.450 e. The summed E-state index contributed by atoms with van der Waals surface area (Å²) in [6.07, 6.45) is -3.00. The number of benzene rings is 1. The molecule has 0 bridgehead atoms. The molecular weight excluding hydrogens is 427 g/mol. The van der Waals surface area contributed by atoms with Crippen LogP contribution in [0.15, 0.2) is 30.6 Å². The standard InChI is InChI=1S/C19H15F5N4O3/c1-30-10-7-28(8-10)18(29)27-9-4-12(20)16(13(21)5-9)31-14-2-3-25-17-15(14)11(6-26-17)19(22,23)24/h2-6,10H,7-8H2,1H3,(H,25,26)(H,27,29). The number of methoxy groups -OCH3 is 1. The van der Waals surface area contributed by atoms with Crippen molar-refractivity contribution in [3.05, 3.63) is 47.8 Å². The van der Waals surface area contributed by atoms with Crippen LogP contribution in [0, 0.1) is 11.6 Å². The fourth-order valence-electron chi connectivity index (χ4n) is 3.13. The average Bonchev–Trinajstić information content (AvgIpc) is 3.09. The van der Waals surface area contributed by atoms with Crippen LogP contribution in [0.5, 0.6) is 11.5 Å². The number of nitrogens with zero attached hydrogens (tertiary/aromatic N) is 2. The Labute approximate surface area is 171 Å². The first kappa shape index (κ1) is 20.8. The number of likely N-dealkylation sites (tertiary alicyclic amines) is 1. The lowest BCUT2D eigenvalue weighted by Gasteiger charge is -2.37. The predicted molar refractivity (Wildman–Crippen MR) is 98.9 cm³/mol. The van der Waals surface area contributed by atoms with Gasteiger partial charge in [0.05, 0.1) is 30.1 Å². The molecule has 1 aliphatic heterocycles. The lowest BCUT2D eigenvalue weighted by Crippen LogP contribution is -2.55. The number of H-pyrrole nitrogens is 1. The fraction of sp³-hybridized carbons (Fsp3) is 0.263. The first-order chi connectivity index (χ1) is 14.7. The molecule has 0 spiro atoms. The van der Waals surface area contributed by atoms with E-state index in [9.17, 15) is 26.7 Å². The van der Waals surface area contributed by atoms with E-state index in [4.69, 9.17) is 9.47 Å². The molecule has 4 rings (SSSR count). The van der Waals surface area contributed by atoms with E-state index in [1.807, 2.05) is 0 Å². The number of halogens is 5. The minimum absolute atomic E-state index is 0.0952. The first-order valence-corrected chi connectivity index (χ1v) is 8.96. The first-order valence-electron chi connectivity index (χ1n) is 8.96. The summed E-state index contributed by atoms with van der Waals surface area (Å²) in [6, 6.07) is 2.11. The van der Waals surface area contributed by atoms with E-state index in [-0.39, 0.29) is 17.4 Å². The van der Waals surface area contributed by atoms with Crippen LogP contribution in [0.4, 0.5) is 32.4 Å². The van der Waals surface area contributed by atoms with Gasteiger partial charge in [-0.3, -0.25) is 0 Å². The van der Waals surface area contributed by atoms with Gasteiger partial charge in [-0.1, -0.05) is 0 Å². The van der Waals surface area contributed by atoms with Crippen molar-refractivity contribution < 1.29 is 36.2 Å². The Morgan fingerprint density at radius 1 is 1.26 bits per heavy atom. The van der Waals surface area contributed by atoms with Crippen LogP contribution in [-0.2, 0) is 10.9 Å². The number of ether oxygens (including phenoxy) is 2. The monoisotopic (exact) mass is 442 g/mol. The number of aromatic nitrogens is 2. The molecule has 0 unspecified atom stereocenters. The van der Waals surface area contributed by atoms with E-state index >= 15 is 0 Å². The summed E-state index contributed by atoms with van der Waals surface area (Å²) in [5.74, 6) is -3.76. The van der Waals surface area contributed by atoms with Gasteiger partial charge in [-0.2, -0.15) is 13.2 Å². The molecule has 0 atom stereocenters. The van der Waals surface area contributed by atoms with Crippen molar-refractivity contribution >= 4 is 22.8 Å². The molecule has 1 saturated heterocycles. The maximum Gasteiger partial charge on any atom is 0.418 e. The summed E-state index contributed by atoms with van der Waals surface area (Å²) in [4.78, 5) is 19.6. The molecule has 1 fully saturated rings. The van der Waals surface area contributed by atoms with Crippen molar-refractivity contribution in [1.29, 1.82) is 0 Å². The third-order valence-electron chi connectivity index (χ3n) is 4.77. The van der Waals surface area contributed by atoms with E-state index in [0.717, 1.165) is 24.4 Å². The SMILES string of the molecule is COC1CN(C(=O)Nc2cc(F)c(Oc3ccnc4[nH]cc(C(F)(F)F)c34)c(F)c2)C1. The third kappa shape index (κ3) is 3.98. The van der Waals surface area contributed by atoms with Crippen molar-refractivity contribution in [3.8, 4) is 11.5 Å². The Kier molecular flexibility index (Phi) is 5.17. The largest absolute Gasteiger partial charge is 0.450 e. The smallest absolute Gasteiger partial charge is 0.418 e. The zero-order valence-corrected chi connectivity index (χ0v) is 15.9. The summed E-state index contributed by atoms with van der Waals surface area (Å²) in [5.41, 5.74) is -1.41. The van der Waals surface area contributed by atoms with E-state index in [1.165, 1.54) is 12.0 Å². The summed E-state index contributed by atoms with van der Waals surface area (Å²) >= 11 is 0. The van der Waals surface area contributed by atoms with E-state index in [2.05, 4.69) is 15.3 Å². The van der Waals surface area contributed by atoms with Gasteiger partial charge in [0.2, 0.25) is 0 Å². The average molecular weight is 442 g/mol. The van der Waals surface area contributed by atoms with Crippen LogP contribution < -0.4 is 10.1 Å². The van der Waals surface area contributed by atoms with Crippen LogP contribution in [-0.4, -0.2) is 47.2 Å². The number of carbonyl (C=O) groups excluding carboxylic acids is 1. The third-order valence-corrected chi connectivity index (χ3v) is 4.77. The molecule has 2 N–H and O–H groups in total. The van der Waals surface area contributed by atoms with Crippen molar-refractivity contribution in [2.24, 2.45) is 0 Å². The maximum atomic E-state index is 14.5. The molecule has 0 saturated carbocycles. The summed E-state index contributed by atoms with van der Waals surface area (Å²) in [6.45, 7) is 0.676. The highest BCUT2D eigenvalue weighted by molar-refractivity contribution is 5.90. The number of hydrogen-bond donors (Lipinski definition) is 2. The molecule has 3 heterocycles. The quantitative estimate of drug-likeness (QED) is 0.583. The second kappa shape index (κ2) is 7.69. The summed E-state index contributed by atoms with van der Waals surface area (Å²) < 4.78 is 79.0. The number of fused-ring (bicyclic) bond motifs is 1. The van der Waals surface area contributed by atoms with Crippen molar-refractivity contribution in [3.63, 3.8) is 0 Å². The number of nitrogens with one attached hydrogen (secondary N) is 2. The zero-order valence-electron chi connectivity index (χ0n) is 15.9. The van der Waals surface area contributed by atoms with E-state index in [1.54, 1.807) is 0 Å². The second-order valence-corrected chi connectivity index (χ2v) is 6.80. The molecule has 7 nitrogen and oxygen atoms in total. The van der Waals surface area contributed by atoms with Gasteiger partial charge in [0, 0.05) is 37.3 Å². The number of rotatable bonds is 4. The van der Waals surface area contributed by atoms with Gasteiger partial charge in [0.25, 0.3) is 0 Å². The van der Waals surface area contributed by atoms with Gasteiger partial charge in [0.1, 0.15) is 11.4 Å². The number of hydrogen-bond acceptors (Lipinski definition) is 4. The summed E-state index contributed by atoms with van der Waals surface area (Å²) in [5, 5.41) is 1.89. The Morgan fingerprint density at radius 2 is 1.94 bits per heavy atom. The number of alkyl halides is 3. The Hall–Kier alpha value is -3.41. The van der Waals surface area contributed by atoms with E-state index < -0.39 is 46.3 Å². The van der Waals surface area contributed by atoms with Gasteiger partial charge in [-0.15, -0.1) is 0 Å². The molecule has 164 valence electrons. The number of carbonyl (C=O) groups is 1. The van der Waals surface area contributed by atoms with Crippen LogP contribution in [0.25, 0.3) is 11.0 Å². The maximum absolute atomic E-state index is 14.5. The van der Waals surface area contributed by atoms with Crippen molar-refractivity contribution in [2.45, 2.75) is 12.3 Å². The lowest BCUT2D eigenvalue weighted by molar-refractivity contribution is -0.136. The number of aromatic amines is 1. The highest BCUT2D eigenvalue weighted by Crippen LogP contribution is 2.40. The van der Waals surface area contributed by atoms with E-state index in [0.29, 0.717) is 19.3 Å².